The van der Waals surface area contributed by atoms with Gasteiger partial charge in [-0.3, -0.25) is 9.36 Å². The van der Waals surface area contributed by atoms with Crippen molar-refractivity contribution >= 4 is 39.1 Å². The van der Waals surface area contributed by atoms with Gasteiger partial charge in [0.15, 0.2) is 11.4 Å². The highest BCUT2D eigenvalue weighted by atomic mass is 79.9. The third kappa shape index (κ3) is 4.94. The molecule has 0 spiro atoms. The van der Waals surface area contributed by atoms with Crippen LogP contribution in [-0.2, 0) is 12.5 Å². The van der Waals surface area contributed by atoms with E-state index in [0.717, 1.165) is 16.5 Å². The Morgan fingerprint density at radius 1 is 1.13 bits per heavy atom. The molecule has 10 heteroatoms. The van der Waals surface area contributed by atoms with E-state index in [2.05, 4.69) is 20.9 Å². The molecule has 0 aliphatic heterocycles. The SMILES string of the molecule is COc1ccc(Cn2cnc(C(C)(F)F)c(Oc3c(Cl)cc(Br)cc3Cl)c2=O)cc1. The van der Waals surface area contributed by atoms with Crippen molar-refractivity contribution in [1.29, 1.82) is 0 Å². The van der Waals surface area contributed by atoms with E-state index in [1.54, 1.807) is 24.3 Å². The van der Waals surface area contributed by atoms with Gasteiger partial charge in [-0.2, -0.15) is 8.78 Å². The molecule has 0 atom stereocenters. The molecule has 0 aliphatic carbocycles. The summed E-state index contributed by atoms with van der Waals surface area (Å²) in [5.74, 6) is -3.55. The molecule has 30 heavy (non-hydrogen) atoms. The first-order valence-corrected chi connectivity index (χ1v) is 10.1. The first-order chi connectivity index (χ1) is 14.1. The Labute approximate surface area is 189 Å². The fourth-order valence-electron chi connectivity index (χ4n) is 2.64. The molecule has 0 radical (unpaired) electrons. The standard InChI is InChI=1S/C20H15BrCl2F2N2O3/c1-20(24,25)18-17(30-16-14(22)7-12(21)8-15(16)23)19(28)27(10-26-18)9-11-3-5-13(29-2)6-4-11/h3-8,10H,9H2,1-2H3. The number of aromatic nitrogens is 2. The lowest BCUT2D eigenvalue weighted by Gasteiger charge is -2.17. The molecule has 5 nitrogen and oxygen atoms in total. The third-order valence-electron chi connectivity index (χ3n) is 4.09. The van der Waals surface area contributed by atoms with E-state index in [4.69, 9.17) is 32.7 Å². The zero-order chi connectivity index (χ0) is 22.1. The minimum absolute atomic E-state index is 0.0460. The fraction of sp³-hybridized carbons (Fsp3) is 0.200. The Hall–Kier alpha value is -2.16. The van der Waals surface area contributed by atoms with Gasteiger partial charge in [-0.25, -0.2) is 4.98 Å². The van der Waals surface area contributed by atoms with Crippen LogP contribution in [0.4, 0.5) is 8.78 Å². The average molecular weight is 520 g/mol. The number of methoxy groups -OCH3 is 1. The molecule has 2 aromatic carbocycles. The van der Waals surface area contributed by atoms with Gasteiger partial charge in [0.25, 0.3) is 11.5 Å². The molecule has 1 aromatic heterocycles. The lowest BCUT2D eigenvalue weighted by Crippen LogP contribution is -2.27. The van der Waals surface area contributed by atoms with E-state index >= 15 is 0 Å². The molecule has 0 N–H and O–H groups in total. The number of benzene rings is 2. The molecule has 0 fully saturated rings. The van der Waals surface area contributed by atoms with Crippen molar-refractivity contribution in [2.24, 2.45) is 0 Å². The van der Waals surface area contributed by atoms with Crippen LogP contribution >= 0.6 is 39.1 Å². The second-order valence-electron chi connectivity index (χ2n) is 6.39. The van der Waals surface area contributed by atoms with Crippen molar-refractivity contribution in [2.75, 3.05) is 7.11 Å². The average Bonchev–Trinajstić information content (AvgIpc) is 2.66. The van der Waals surface area contributed by atoms with Gasteiger partial charge >= 0.3 is 0 Å². The van der Waals surface area contributed by atoms with Crippen molar-refractivity contribution < 1.29 is 18.3 Å². The highest BCUT2D eigenvalue weighted by molar-refractivity contribution is 9.10. The summed E-state index contributed by atoms with van der Waals surface area (Å²) in [6, 6.07) is 9.88. The minimum atomic E-state index is -3.43. The number of rotatable bonds is 6. The molecule has 0 unspecified atom stereocenters. The molecule has 158 valence electrons. The van der Waals surface area contributed by atoms with Gasteiger partial charge in [-0.1, -0.05) is 51.3 Å². The molecule has 3 rings (SSSR count). The van der Waals surface area contributed by atoms with Crippen molar-refractivity contribution in [3.8, 4) is 17.2 Å². The Kier molecular flexibility index (Phi) is 6.69. The van der Waals surface area contributed by atoms with E-state index in [1.165, 1.54) is 19.2 Å². The highest BCUT2D eigenvalue weighted by Gasteiger charge is 2.34. The summed E-state index contributed by atoms with van der Waals surface area (Å²) in [6.45, 7) is 0.712. The Morgan fingerprint density at radius 2 is 1.73 bits per heavy atom. The predicted octanol–water partition coefficient (Wildman–Crippen LogP) is 6.27. The largest absolute Gasteiger partial charge is 0.497 e. The van der Waals surface area contributed by atoms with Crippen LogP contribution in [0.3, 0.4) is 0 Å². The smallest absolute Gasteiger partial charge is 0.297 e. The van der Waals surface area contributed by atoms with Crippen LogP contribution in [0.2, 0.25) is 10.0 Å². The van der Waals surface area contributed by atoms with E-state index in [-0.39, 0.29) is 22.3 Å². The normalized spacial score (nSPS) is 11.4. The van der Waals surface area contributed by atoms with Crippen LogP contribution in [0, 0.1) is 0 Å². The summed E-state index contributed by atoms with van der Waals surface area (Å²) in [5, 5.41) is 0.0920. The maximum absolute atomic E-state index is 14.1. The summed E-state index contributed by atoms with van der Waals surface area (Å²) in [7, 11) is 1.54. The molecule has 0 saturated carbocycles. The first-order valence-electron chi connectivity index (χ1n) is 8.53. The molecule has 0 aliphatic rings. The van der Waals surface area contributed by atoms with Crippen molar-refractivity contribution in [1.82, 2.24) is 9.55 Å². The van der Waals surface area contributed by atoms with E-state index in [9.17, 15) is 13.6 Å². The Bertz CT molecular complexity index is 1110. The van der Waals surface area contributed by atoms with Gasteiger partial charge in [0.05, 0.1) is 30.0 Å². The van der Waals surface area contributed by atoms with Crippen LogP contribution in [-0.4, -0.2) is 16.7 Å². The zero-order valence-electron chi connectivity index (χ0n) is 15.8. The van der Waals surface area contributed by atoms with Crippen LogP contribution in [0.1, 0.15) is 18.2 Å². The Balaban J connectivity index is 2.07. The van der Waals surface area contributed by atoms with Gasteiger partial charge < -0.3 is 9.47 Å². The molecule has 0 saturated heterocycles. The summed E-state index contributed by atoms with van der Waals surface area (Å²) < 4.78 is 40.6. The van der Waals surface area contributed by atoms with Crippen molar-refractivity contribution in [3.63, 3.8) is 0 Å². The van der Waals surface area contributed by atoms with E-state index in [1.807, 2.05) is 0 Å². The van der Waals surface area contributed by atoms with Gasteiger partial charge in [-0.05, 0) is 29.8 Å². The monoisotopic (exact) mass is 518 g/mol. The maximum atomic E-state index is 14.1. The van der Waals surface area contributed by atoms with Crippen LogP contribution in [0.15, 0.2) is 52.0 Å². The molecule has 0 bridgehead atoms. The quantitative estimate of drug-likeness (QED) is 0.385. The van der Waals surface area contributed by atoms with E-state index in [0.29, 0.717) is 17.1 Å². The third-order valence-corrected chi connectivity index (χ3v) is 5.11. The fourth-order valence-corrected chi connectivity index (χ4v) is 3.93. The van der Waals surface area contributed by atoms with Gasteiger partial charge in [0.1, 0.15) is 5.75 Å². The first kappa shape index (κ1) is 22.5. The van der Waals surface area contributed by atoms with Crippen LogP contribution < -0.4 is 15.0 Å². The Morgan fingerprint density at radius 3 is 2.27 bits per heavy atom. The van der Waals surface area contributed by atoms with Crippen LogP contribution in [0.25, 0.3) is 0 Å². The number of hydrogen-bond acceptors (Lipinski definition) is 4. The van der Waals surface area contributed by atoms with E-state index < -0.39 is 22.9 Å². The molecular formula is C20H15BrCl2F2N2O3. The van der Waals surface area contributed by atoms with Gasteiger partial charge in [0.2, 0.25) is 5.75 Å². The lowest BCUT2D eigenvalue weighted by molar-refractivity contribution is 0.0101. The second-order valence-corrected chi connectivity index (χ2v) is 8.12. The summed E-state index contributed by atoms with van der Waals surface area (Å²) in [4.78, 5) is 16.8. The van der Waals surface area contributed by atoms with Gasteiger partial charge in [0, 0.05) is 11.4 Å². The number of alkyl halides is 2. The molecule has 1 heterocycles. The number of nitrogens with zero attached hydrogens (tertiary/aromatic N) is 2. The van der Waals surface area contributed by atoms with Gasteiger partial charge in [-0.15, -0.1) is 0 Å². The molecule has 3 aromatic rings. The number of hydrogen-bond donors (Lipinski definition) is 0. The summed E-state index contributed by atoms with van der Waals surface area (Å²) in [6.07, 6.45) is 1.05. The van der Waals surface area contributed by atoms with Crippen molar-refractivity contribution in [3.05, 3.63) is 78.9 Å². The lowest BCUT2D eigenvalue weighted by atomic mass is 10.2. The minimum Gasteiger partial charge on any atom is -0.497 e. The second kappa shape index (κ2) is 8.91. The maximum Gasteiger partial charge on any atom is 0.297 e. The predicted molar refractivity (Wildman–Crippen MR) is 114 cm³/mol. The topological polar surface area (TPSA) is 53.4 Å². The summed E-state index contributed by atoms with van der Waals surface area (Å²) in [5.41, 5.74) is -0.873. The molecule has 0 amide bonds. The summed E-state index contributed by atoms with van der Waals surface area (Å²) >= 11 is 15.5. The highest BCUT2D eigenvalue weighted by Crippen LogP contribution is 2.40. The molecular weight excluding hydrogens is 505 g/mol. The van der Waals surface area contributed by atoms with Crippen molar-refractivity contribution in [2.45, 2.75) is 19.4 Å². The van der Waals surface area contributed by atoms with Crippen LogP contribution in [0.5, 0.6) is 17.2 Å². The number of ether oxygens (including phenoxy) is 2. The zero-order valence-corrected chi connectivity index (χ0v) is 18.9. The number of halogens is 5.